The number of piperidine rings is 1. The molecule has 2 rings (SSSR count). The Morgan fingerprint density at radius 1 is 1.35 bits per heavy atom. The Bertz CT molecular complexity index is 449. The fourth-order valence-corrected chi connectivity index (χ4v) is 2.35. The number of amides is 2. The Hall–Kier alpha value is -1.92. The van der Waals surface area contributed by atoms with Gasteiger partial charge in [0.15, 0.2) is 0 Å². The van der Waals surface area contributed by atoms with Crippen molar-refractivity contribution in [2.45, 2.75) is 39.3 Å². The van der Waals surface area contributed by atoms with E-state index < -0.39 is 0 Å². The Balaban J connectivity index is 1.74. The van der Waals surface area contributed by atoms with Gasteiger partial charge in [0.2, 0.25) is 11.8 Å². The quantitative estimate of drug-likeness (QED) is 0.844. The summed E-state index contributed by atoms with van der Waals surface area (Å²) in [7, 11) is 0. The van der Waals surface area contributed by atoms with E-state index in [0.29, 0.717) is 13.1 Å². The molecule has 1 aromatic heterocycles. The van der Waals surface area contributed by atoms with Crippen molar-refractivity contribution in [3.05, 3.63) is 12.4 Å². The first kappa shape index (κ1) is 14.5. The lowest BCUT2D eigenvalue weighted by Gasteiger charge is -2.33. The van der Waals surface area contributed by atoms with Crippen molar-refractivity contribution in [1.29, 1.82) is 0 Å². The molecule has 1 aliphatic heterocycles. The van der Waals surface area contributed by atoms with E-state index in [0.717, 1.165) is 12.8 Å². The highest BCUT2D eigenvalue weighted by Gasteiger charge is 2.25. The van der Waals surface area contributed by atoms with Gasteiger partial charge in [0.1, 0.15) is 6.54 Å². The smallest absolute Gasteiger partial charge is 0.242 e. The van der Waals surface area contributed by atoms with E-state index in [1.807, 2.05) is 18.7 Å². The lowest BCUT2D eigenvalue weighted by atomic mass is 10.0. The van der Waals surface area contributed by atoms with Gasteiger partial charge in [-0.2, -0.15) is 0 Å². The average Bonchev–Trinajstić information content (AvgIpc) is 2.91. The van der Waals surface area contributed by atoms with E-state index in [9.17, 15) is 9.59 Å². The molecule has 1 saturated heterocycles. The van der Waals surface area contributed by atoms with Gasteiger partial charge in [-0.15, -0.1) is 5.10 Å². The number of aromatic nitrogens is 3. The Labute approximate surface area is 118 Å². The first-order chi connectivity index (χ1) is 9.56. The van der Waals surface area contributed by atoms with Crippen molar-refractivity contribution >= 4 is 11.8 Å². The van der Waals surface area contributed by atoms with Crippen LogP contribution in [0.15, 0.2) is 12.4 Å². The molecule has 0 aliphatic carbocycles. The first-order valence-electron chi connectivity index (χ1n) is 6.98. The number of likely N-dealkylation sites (tertiary alicyclic amines) is 1. The zero-order valence-electron chi connectivity index (χ0n) is 12.0. The predicted octanol–water partition coefficient (Wildman–Crippen LogP) is 0.0413. The number of rotatable bonds is 4. The first-order valence-corrected chi connectivity index (χ1v) is 6.98. The van der Waals surface area contributed by atoms with Crippen molar-refractivity contribution in [3.8, 4) is 0 Å². The highest BCUT2D eigenvalue weighted by molar-refractivity contribution is 5.78. The predicted molar refractivity (Wildman–Crippen MR) is 72.6 cm³/mol. The molecule has 2 amide bonds. The van der Waals surface area contributed by atoms with Gasteiger partial charge < -0.3 is 10.2 Å². The number of carbonyl (C=O) groups is 2. The summed E-state index contributed by atoms with van der Waals surface area (Å²) in [4.78, 5) is 25.6. The molecular formula is C13H21N5O2. The molecule has 1 aliphatic rings. The maximum atomic E-state index is 11.9. The average molecular weight is 279 g/mol. The van der Waals surface area contributed by atoms with Gasteiger partial charge in [-0.05, 0) is 12.8 Å². The molecule has 0 unspecified atom stereocenters. The van der Waals surface area contributed by atoms with Crippen molar-refractivity contribution in [1.82, 2.24) is 25.2 Å². The second-order valence-corrected chi connectivity index (χ2v) is 5.42. The topological polar surface area (TPSA) is 80.1 Å². The molecule has 20 heavy (non-hydrogen) atoms. The molecule has 1 N–H and O–H groups in total. The number of nitrogens with one attached hydrogen (secondary N) is 1. The minimum absolute atomic E-state index is 0.0356. The molecule has 0 atom stereocenters. The largest absolute Gasteiger partial charge is 0.352 e. The van der Waals surface area contributed by atoms with Crippen LogP contribution in [0.3, 0.4) is 0 Å². The number of nitrogens with zero attached hydrogens (tertiary/aromatic N) is 4. The fraction of sp³-hybridized carbons (Fsp3) is 0.692. The van der Waals surface area contributed by atoms with Crippen LogP contribution in [0.25, 0.3) is 0 Å². The van der Waals surface area contributed by atoms with Crippen LogP contribution in [0.2, 0.25) is 0 Å². The molecule has 110 valence electrons. The number of carbonyl (C=O) groups excluding carboxylic acids is 2. The van der Waals surface area contributed by atoms with E-state index in [4.69, 9.17) is 0 Å². The Morgan fingerprint density at radius 2 is 2.05 bits per heavy atom. The molecule has 0 spiro atoms. The van der Waals surface area contributed by atoms with Crippen molar-refractivity contribution in [3.63, 3.8) is 0 Å². The zero-order valence-corrected chi connectivity index (χ0v) is 12.0. The third kappa shape index (κ3) is 3.79. The van der Waals surface area contributed by atoms with Crippen LogP contribution in [0.5, 0.6) is 0 Å². The minimum atomic E-state index is -0.0656. The van der Waals surface area contributed by atoms with E-state index in [1.54, 1.807) is 12.4 Å². The highest BCUT2D eigenvalue weighted by Crippen LogP contribution is 2.13. The van der Waals surface area contributed by atoms with Gasteiger partial charge in [0.05, 0.1) is 6.20 Å². The summed E-state index contributed by atoms with van der Waals surface area (Å²) in [5, 5.41) is 10.4. The van der Waals surface area contributed by atoms with Crippen LogP contribution < -0.4 is 5.32 Å². The van der Waals surface area contributed by atoms with Crippen LogP contribution in [0, 0.1) is 5.92 Å². The van der Waals surface area contributed by atoms with E-state index in [2.05, 4.69) is 15.6 Å². The summed E-state index contributed by atoms with van der Waals surface area (Å²) < 4.78 is 1.49. The summed E-state index contributed by atoms with van der Waals surface area (Å²) in [6.45, 7) is 5.43. The molecule has 1 fully saturated rings. The summed E-state index contributed by atoms with van der Waals surface area (Å²) in [5.41, 5.74) is 0. The molecule has 7 heteroatoms. The van der Waals surface area contributed by atoms with E-state index >= 15 is 0 Å². The minimum Gasteiger partial charge on any atom is -0.352 e. The van der Waals surface area contributed by atoms with Crippen molar-refractivity contribution in [2.24, 2.45) is 5.92 Å². The van der Waals surface area contributed by atoms with Gasteiger partial charge in [-0.3, -0.25) is 9.59 Å². The SMILES string of the molecule is CC(C)C(=O)N1CCC(NC(=O)Cn2ccnn2)CC1. The summed E-state index contributed by atoms with van der Waals surface area (Å²) >= 11 is 0. The molecule has 1 aromatic rings. The van der Waals surface area contributed by atoms with E-state index in [1.165, 1.54) is 4.68 Å². The fourth-order valence-electron chi connectivity index (χ4n) is 2.35. The van der Waals surface area contributed by atoms with Crippen LogP contribution in [0.1, 0.15) is 26.7 Å². The van der Waals surface area contributed by atoms with Crippen molar-refractivity contribution in [2.75, 3.05) is 13.1 Å². The normalized spacial score (nSPS) is 16.4. The maximum Gasteiger partial charge on any atom is 0.242 e. The molecule has 0 saturated carbocycles. The molecule has 7 nitrogen and oxygen atoms in total. The van der Waals surface area contributed by atoms with Gasteiger partial charge in [0.25, 0.3) is 0 Å². The van der Waals surface area contributed by atoms with Crippen LogP contribution >= 0.6 is 0 Å². The number of hydrogen-bond acceptors (Lipinski definition) is 4. The van der Waals surface area contributed by atoms with Gasteiger partial charge in [-0.1, -0.05) is 19.1 Å². The van der Waals surface area contributed by atoms with Crippen molar-refractivity contribution < 1.29 is 9.59 Å². The zero-order chi connectivity index (χ0) is 14.5. The molecule has 0 radical (unpaired) electrons. The Kier molecular flexibility index (Phi) is 4.70. The van der Waals surface area contributed by atoms with Crippen LogP contribution in [0.4, 0.5) is 0 Å². The van der Waals surface area contributed by atoms with E-state index in [-0.39, 0.29) is 30.3 Å². The van der Waals surface area contributed by atoms with Crippen LogP contribution in [-0.2, 0) is 16.1 Å². The summed E-state index contributed by atoms with van der Waals surface area (Å²) in [6.07, 6.45) is 4.82. The number of hydrogen-bond donors (Lipinski definition) is 1. The summed E-state index contributed by atoms with van der Waals surface area (Å²) in [5.74, 6) is 0.162. The lowest BCUT2D eigenvalue weighted by molar-refractivity contribution is -0.135. The van der Waals surface area contributed by atoms with Gasteiger partial charge >= 0.3 is 0 Å². The second-order valence-electron chi connectivity index (χ2n) is 5.42. The van der Waals surface area contributed by atoms with Crippen LogP contribution in [-0.4, -0.2) is 50.8 Å². The van der Waals surface area contributed by atoms with Gasteiger partial charge in [-0.25, -0.2) is 4.68 Å². The third-order valence-electron chi connectivity index (χ3n) is 3.44. The highest BCUT2D eigenvalue weighted by atomic mass is 16.2. The molecule has 0 bridgehead atoms. The second kappa shape index (κ2) is 6.49. The van der Waals surface area contributed by atoms with Gasteiger partial charge in [0, 0.05) is 31.2 Å². The standard InChI is InChI=1S/C13H21N5O2/c1-10(2)13(20)17-6-3-11(4-7-17)15-12(19)9-18-8-5-14-16-18/h5,8,10-11H,3-4,6-7,9H2,1-2H3,(H,15,19). The molecule has 2 heterocycles. The monoisotopic (exact) mass is 279 g/mol. The Morgan fingerprint density at radius 3 is 2.60 bits per heavy atom. The third-order valence-corrected chi connectivity index (χ3v) is 3.44. The molecule has 0 aromatic carbocycles. The summed E-state index contributed by atoms with van der Waals surface area (Å²) in [6, 6.07) is 0.141. The molecular weight excluding hydrogens is 258 g/mol. The maximum absolute atomic E-state index is 11.9. The lowest BCUT2D eigenvalue weighted by Crippen LogP contribution is -2.48.